The molecule has 0 aliphatic carbocycles. The lowest BCUT2D eigenvalue weighted by Crippen LogP contribution is -2.29. The standard InChI is InChI=1S/C49H97O8P/c1-3-5-7-9-11-13-15-17-19-21-23-25-27-29-31-33-35-37-39-41-43-48(50)55-45-47(46-56-58(52,53)54)57-49(51)44-42-40-38-36-34-32-30-28-26-24-22-20-18-16-14-12-10-8-6-4-2/h47H,3-46H2,1-2H3,(H2,52,53,54)/t47-/m1/s1. The Morgan fingerprint density at radius 1 is 0.379 bits per heavy atom. The molecule has 0 amide bonds. The summed E-state index contributed by atoms with van der Waals surface area (Å²) in [6.45, 7) is 3.75. The largest absolute Gasteiger partial charge is 0.469 e. The van der Waals surface area contributed by atoms with Crippen LogP contribution in [0.1, 0.15) is 284 Å². The van der Waals surface area contributed by atoms with Gasteiger partial charge in [-0.05, 0) is 12.8 Å². The van der Waals surface area contributed by atoms with E-state index in [1.165, 1.54) is 218 Å². The summed E-state index contributed by atoms with van der Waals surface area (Å²) < 4.78 is 26.5. The van der Waals surface area contributed by atoms with Gasteiger partial charge in [-0.2, -0.15) is 0 Å². The van der Waals surface area contributed by atoms with E-state index in [4.69, 9.17) is 19.3 Å². The maximum absolute atomic E-state index is 12.5. The lowest BCUT2D eigenvalue weighted by atomic mass is 10.0. The van der Waals surface area contributed by atoms with Gasteiger partial charge in [0.2, 0.25) is 0 Å². The Morgan fingerprint density at radius 2 is 0.621 bits per heavy atom. The van der Waals surface area contributed by atoms with Crippen molar-refractivity contribution in [3.05, 3.63) is 0 Å². The third kappa shape index (κ3) is 47.7. The van der Waals surface area contributed by atoms with Crippen molar-refractivity contribution in [2.45, 2.75) is 290 Å². The van der Waals surface area contributed by atoms with Gasteiger partial charge in [-0.15, -0.1) is 0 Å². The lowest BCUT2D eigenvalue weighted by molar-refractivity contribution is -0.161. The molecule has 9 heteroatoms. The zero-order chi connectivity index (χ0) is 42.5. The van der Waals surface area contributed by atoms with Crippen molar-refractivity contribution < 1.29 is 37.9 Å². The third-order valence-corrected chi connectivity index (χ3v) is 12.1. The Bertz CT molecular complexity index is 909. The number of hydrogen-bond donors (Lipinski definition) is 2. The van der Waals surface area contributed by atoms with Crippen LogP contribution in [0.15, 0.2) is 0 Å². The molecule has 0 unspecified atom stereocenters. The molecule has 0 aromatic heterocycles. The van der Waals surface area contributed by atoms with Gasteiger partial charge in [0.1, 0.15) is 6.61 Å². The Labute approximate surface area is 359 Å². The van der Waals surface area contributed by atoms with Crippen molar-refractivity contribution in [3.8, 4) is 0 Å². The number of carbonyl (C=O) groups is 2. The summed E-state index contributed by atoms with van der Waals surface area (Å²) in [6.07, 6.45) is 51.2. The Hall–Kier alpha value is -0.950. The van der Waals surface area contributed by atoms with Gasteiger partial charge in [-0.25, -0.2) is 4.57 Å². The Morgan fingerprint density at radius 3 is 0.879 bits per heavy atom. The molecule has 0 fully saturated rings. The summed E-state index contributed by atoms with van der Waals surface area (Å²) in [7, 11) is -4.75. The molecule has 8 nitrogen and oxygen atoms in total. The van der Waals surface area contributed by atoms with Gasteiger partial charge < -0.3 is 19.3 Å². The molecule has 0 rings (SSSR count). The van der Waals surface area contributed by atoms with E-state index in [-0.39, 0.29) is 19.4 Å². The van der Waals surface area contributed by atoms with Crippen LogP contribution >= 0.6 is 7.82 Å². The van der Waals surface area contributed by atoms with Crippen molar-refractivity contribution >= 4 is 19.8 Å². The molecule has 346 valence electrons. The molecule has 1 atom stereocenters. The highest BCUT2D eigenvalue weighted by Gasteiger charge is 2.23. The van der Waals surface area contributed by atoms with E-state index in [9.17, 15) is 14.2 Å². The first kappa shape index (κ1) is 57.1. The minimum absolute atomic E-state index is 0.221. The van der Waals surface area contributed by atoms with Crippen LogP contribution in [0.3, 0.4) is 0 Å². The minimum atomic E-state index is -4.75. The fraction of sp³-hybridized carbons (Fsp3) is 0.959. The predicted molar refractivity (Wildman–Crippen MR) is 244 cm³/mol. The molecule has 2 N–H and O–H groups in total. The van der Waals surface area contributed by atoms with Crippen molar-refractivity contribution in [3.63, 3.8) is 0 Å². The predicted octanol–water partition coefficient (Wildman–Crippen LogP) is 16.0. The van der Waals surface area contributed by atoms with E-state index >= 15 is 0 Å². The molecule has 0 aliphatic heterocycles. The van der Waals surface area contributed by atoms with Gasteiger partial charge in [0.05, 0.1) is 6.61 Å². The van der Waals surface area contributed by atoms with Gasteiger partial charge in [0.15, 0.2) is 6.10 Å². The van der Waals surface area contributed by atoms with Crippen LogP contribution in [0.2, 0.25) is 0 Å². The number of ether oxygens (including phenoxy) is 2. The second-order valence-electron chi connectivity index (χ2n) is 17.5. The van der Waals surface area contributed by atoms with E-state index in [1.54, 1.807) is 0 Å². The smallest absolute Gasteiger partial charge is 0.462 e. The van der Waals surface area contributed by atoms with Gasteiger partial charge in [0, 0.05) is 12.8 Å². The monoisotopic (exact) mass is 845 g/mol. The van der Waals surface area contributed by atoms with Gasteiger partial charge in [-0.3, -0.25) is 14.1 Å². The summed E-state index contributed by atoms with van der Waals surface area (Å²) in [5.41, 5.74) is 0. The first-order chi connectivity index (χ1) is 28.3. The molecule has 0 heterocycles. The first-order valence-corrected chi connectivity index (χ1v) is 26.9. The number of esters is 2. The third-order valence-electron chi connectivity index (χ3n) is 11.6. The molecule has 0 radical (unpaired) electrons. The van der Waals surface area contributed by atoms with Crippen molar-refractivity contribution in [2.75, 3.05) is 13.2 Å². The van der Waals surface area contributed by atoms with E-state index in [0.29, 0.717) is 6.42 Å². The van der Waals surface area contributed by atoms with Crippen LogP contribution in [-0.2, 0) is 28.2 Å². The normalized spacial score (nSPS) is 12.3. The van der Waals surface area contributed by atoms with E-state index in [0.717, 1.165) is 32.1 Å². The number of carbonyl (C=O) groups excluding carboxylic acids is 2. The Kier molecular flexibility index (Phi) is 44.8. The number of phosphoric ester groups is 1. The summed E-state index contributed by atoms with van der Waals surface area (Å²) in [5, 5.41) is 0. The van der Waals surface area contributed by atoms with Crippen LogP contribution in [0.5, 0.6) is 0 Å². The van der Waals surface area contributed by atoms with Crippen LogP contribution in [-0.4, -0.2) is 41.0 Å². The highest BCUT2D eigenvalue weighted by Crippen LogP contribution is 2.36. The van der Waals surface area contributed by atoms with E-state index in [1.807, 2.05) is 0 Å². The fourth-order valence-electron chi connectivity index (χ4n) is 7.85. The van der Waals surface area contributed by atoms with Crippen molar-refractivity contribution in [1.82, 2.24) is 0 Å². The highest BCUT2D eigenvalue weighted by molar-refractivity contribution is 7.46. The molecule has 0 saturated heterocycles. The second-order valence-corrected chi connectivity index (χ2v) is 18.8. The molecule has 0 aliphatic rings. The topological polar surface area (TPSA) is 119 Å². The zero-order valence-corrected chi connectivity index (χ0v) is 39.4. The molecule has 0 aromatic carbocycles. The van der Waals surface area contributed by atoms with Crippen LogP contribution in [0.25, 0.3) is 0 Å². The Balaban J connectivity index is 3.76. The summed E-state index contributed by atoms with van der Waals surface area (Å²) in [6, 6.07) is 0. The van der Waals surface area contributed by atoms with Gasteiger partial charge >= 0.3 is 19.8 Å². The molecular formula is C49H97O8P. The van der Waals surface area contributed by atoms with Crippen molar-refractivity contribution in [1.29, 1.82) is 0 Å². The maximum atomic E-state index is 12.5. The lowest BCUT2D eigenvalue weighted by Gasteiger charge is -2.18. The molecule has 58 heavy (non-hydrogen) atoms. The number of unbranched alkanes of at least 4 members (excludes halogenated alkanes) is 38. The molecule has 0 aromatic rings. The quantitative estimate of drug-likeness (QED) is 0.0353. The fourth-order valence-corrected chi connectivity index (χ4v) is 8.21. The second kappa shape index (κ2) is 45.6. The zero-order valence-electron chi connectivity index (χ0n) is 38.5. The van der Waals surface area contributed by atoms with Gasteiger partial charge in [-0.1, -0.05) is 258 Å². The van der Waals surface area contributed by atoms with Crippen LogP contribution in [0, 0.1) is 0 Å². The summed E-state index contributed by atoms with van der Waals surface area (Å²) in [4.78, 5) is 43.1. The van der Waals surface area contributed by atoms with Crippen LogP contribution < -0.4 is 0 Å². The highest BCUT2D eigenvalue weighted by atomic mass is 31.2. The van der Waals surface area contributed by atoms with Gasteiger partial charge in [0.25, 0.3) is 0 Å². The molecular weight excluding hydrogens is 748 g/mol. The first-order valence-electron chi connectivity index (χ1n) is 25.3. The molecule has 0 saturated carbocycles. The maximum Gasteiger partial charge on any atom is 0.469 e. The number of rotatable bonds is 48. The summed E-state index contributed by atoms with van der Waals surface area (Å²) >= 11 is 0. The van der Waals surface area contributed by atoms with E-state index < -0.39 is 32.5 Å². The molecule has 0 bridgehead atoms. The average Bonchev–Trinajstić information content (AvgIpc) is 3.20. The minimum Gasteiger partial charge on any atom is -0.462 e. The molecule has 0 spiro atoms. The average molecular weight is 845 g/mol. The SMILES string of the molecule is CCCCCCCCCCCCCCCCCCCCCCC(=O)OC[C@H](COP(=O)(O)O)OC(=O)CCCCCCCCCCCCCCCCCCCCCC. The van der Waals surface area contributed by atoms with Crippen LogP contribution in [0.4, 0.5) is 0 Å². The van der Waals surface area contributed by atoms with Crippen molar-refractivity contribution in [2.24, 2.45) is 0 Å². The van der Waals surface area contributed by atoms with E-state index in [2.05, 4.69) is 18.4 Å². The number of hydrogen-bond acceptors (Lipinski definition) is 6. The summed E-state index contributed by atoms with van der Waals surface area (Å²) in [5.74, 6) is -0.861. The number of phosphoric acid groups is 1.